The minimum atomic E-state index is -0.287. The number of carbonyl (C=O) groups excluding carboxylic acids is 2. The first-order valence-corrected chi connectivity index (χ1v) is 8.27. The van der Waals surface area contributed by atoms with Gasteiger partial charge in [0.25, 0.3) is 11.8 Å². The zero-order valence-corrected chi connectivity index (χ0v) is 14.7. The molecular weight excluding hydrogens is 360 g/mol. The van der Waals surface area contributed by atoms with Crippen molar-refractivity contribution in [1.82, 2.24) is 15.1 Å². The van der Waals surface area contributed by atoms with E-state index in [-0.39, 0.29) is 17.5 Å². The Bertz CT molecular complexity index is 695. The number of benzene rings is 1. The zero-order chi connectivity index (χ0) is 16.8. The number of aromatic nitrogens is 2. The molecule has 1 heterocycles. The molecule has 2 amide bonds. The number of amides is 2. The maximum absolute atomic E-state index is 12.3. The number of nitrogens with one attached hydrogen (secondary N) is 2. The fourth-order valence-corrected chi connectivity index (χ4v) is 2.22. The smallest absolute Gasteiger partial charge is 0.273 e. The van der Waals surface area contributed by atoms with Crippen LogP contribution in [0, 0.1) is 0 Å². The van der Waals surface area contributed by atoms with Crippen molar-refractivity contribution in [2.45, 2.75) is 26.8 Å². The molecule has 23 heavy (non-hydrogen) atoms. The summed E-state index contributed by atoms with van der Waals surface area (Å²) in [7, 11) is 0. The summed E-state index contributed by atoms with van der Waals surface area (Å²) in [5.41, 5.74) is 1.15. The average Bonchev–Trinajstić information content (AvgIpc) is 2.96. The van der Waals surface area contributed by atoms with Gasteiger partial charge in [0, 0.05) is 29.3 Å². The highest BCUT2D eigenvalue weighted by molar-refractivity contribution is 9.10. The average molecular weight is 379 g/mol. The number of halogens is 1. The molecule has 0 radical (unpaired) electrons. The van der Waals surface area contributed by atoms with Crippen LogP contribution in [0.15, 0.2) is 34.9 Å². The van der Waals surface area contributed by atoms with Crippen molar-refractivity contribution in [1.29, 1.82) is 0 Å². The number of hydrogen-bond donors (Lipinski definition) is 2. The van der Waals surface area contributed by atoms with Gasteiger partial charge in [-0.2, -0.15) is 5.10 Å². The van der Waals surface area contributed by atoms with E-state index in [1.54, 1.807) is 35.1 Å². The Hall–Kier alpha value is -2.15. The molecule has 0 saturated heterocycles. The number of nitrogens with zero attached hydrogens (tertiary/aromatic N) is 2. The number of carbonyl (C=O) groups is 2. The number of anilines is 1. The summed E-state index contributed by atoms with van der Waals surface area (Å²) >= 11 is 3.33. The SMILES string of the molecule is CCCNC(=O)c1nn(CC)cc1NC(=O)c1ccc(Br)cc1. The third kappa shape index (κ3) is 4.41. The third-order valence-corrected chi connectivity index (χ3v) is 3.72. The van der Waals surface area contributed by atoms with E-state index in [1.807, 2.05) is 13.8 Å². The molecule has 0 saturated carbocycles. The van der Waals surface area contributed by atoms with Gasteiger partial charge in [-0.1, -0.05) is 22.9 Å². The van der Waals surface area contributed by atoms with Crippen LogP contribution in [0.1, 0.15) is 41.1 Å². The van der Waals surface area contributed by atoms with Crippen LogP contribution in [0.4, 0.5) is 5.69 Å². The van der Waals surface area contributed by atoms with Crippen LogP contribution in [0.3, 0.4) is 0 Å². The highest BCUT2D eigenvalue weighted by atomic mass is 79.9. The predicted molar refractivity (Wildman–Crippen MR) is 92.6 cm³/mol. The van der Waals surface area contributed by atoms with Crippen LogP contribution in [-0.4, -0.2) is 28.1 Å². The molecule has 7 heteroatoms. The zero-order valence-electron chi connectivity index (χ0n) is 13.1. The Balaban J connectivity index is 2.20. The molecule has 0 unspecified atom stereocenters. The summed E-state index contributed by atoms with van der Waals surface area (Å²) in [5.74, 6) is -0.567. The molecule has 0 bridgehead atoms. The molecule has 2 rings (SSSR count). The van der Waals surface area contributed by atoms with Crippen LogP contribution in [0.5, 0.6) is 0 Å². The van der Waals surface area contributed by atoms with E-state index in [2.05, 4.69) is 31.7 Å². The molecule has 1 aromatic carbocycles. The van der Waals surface area contributed by atoms with Gasteiger partial charge in [-0.25, -0.2) is 0 Å². The molecule has 0 atom stereocenters. The second-order valence-electron chi connectivity index (χ2n) is 4.96. The summed E-state index contributed by atoms with van der Waals surface area (Å²) in [6.45, 7) is 5.07. The molecule has 0 spiro atoms. The Kier molecular flexibility index (Phi) is 5.92. The molecule has 122 valence electrons. The van der Waals surface area contributed by atoms with E-state index in [1.165, 1.54) is 0 Å². The molecule has 2 N–H and O–H groups in total. The maximum atomic E-state index is 12.3. The minimum absolute atomic E-state index is 0.228. The molecule has 0 fully saturated rings. The molecule has 2 aromatic rings. The first-order valence-electron chi connectivity index (χ1n) is 7.47. The first kappa shape index (κ1) is 17.2. The second-order valence-corrected chi connectivity index (χ2v) is 5.88. The Labute approximate surface area is 143 Å². The highest BCUT2D eigenvalue weighted by Gasteiger charge is 2.18. The summed E-state index contributed by atoms with van der Waals surface area (Å²) in [4.78, 5) is 24.5. The van der Waals surface area contributed by atoms with Gasteiger partial charge < -0.3 is 10.6 Å². The molecule has 0 aliphatic rings. The standard InChI is InChI=1S/C16H19BrN4O2/c1-3-9-18-16(23)14-13(10-21(4-2)20-14)19-15(22)11-5-7-12(17)8-6-11/h5-8,10H,3-4,9H2,1-2H3,(H,18,23)(H,19,22). The molecular formula is C16H19BrN4O2. The lowest BCUT2D eigenvalue weighted by atomic mass is 10.2. The predicted octanol–water partition coefficient (Wildman–Crippen LogP) is 3.06. The van der Waals surface area contributed by atoms with Gasteiger partial charge in [0.05, 0.1) is 5.69 Å². The van der Waals surface area contributed by atoms with E-state index in [0.29, 0.717) is 24.3 Å². The van der Waals surface area contributed by atoms with Crippen molar-refractivity contribution in [3.8, 4) is 0 Å². The number of rotatable bonds is 6. The summed E-state index contributed by atoms with van der Waals surface area (Å²) in [5, 5.41) is 9.76. The topological polar surface area (TPSA) is 76.0 Å². The van der Waals surface area contributed by atoms with Crippen LogP contribution < -0.4 is 10.6 Å². The summed E-state index contributed by atoms with van der Waals surface area (Å²) < 4.78 is 2.52. The summed E-state index contributed by atoms with van der Waals surface area (Å²) in [6, 6.07) is 7.00. The lowest BCUT2D eigenvalue weighted by Crippen LogP contribution is -2.26. The minimum Gasteiger partial charge on any atom is -0.351 e. The van der Waals surface area contributed by atoms with Crippen LogP contribution in [0.2, 0.25) is 0 Å². The van der Waals surface area contributed by atoms with Crippen molar-refractivity contribution in [3.63, 3.8) is 0 Å². The van der Waals surface area contributed by atoms with Gasteiger partial charge in [0.15, 0.2) is 5.69 Å². The Morgan fingerprint density at radius 3 is 2.48 bits per heavy atom. The second kappa shape index (κ2) is 7.92. The largest absolute Gasteiger partial charge is 0.351 e. The lowest BCUT2D eigenvalue weighted by molar-refractivity contribution is 0.0948. The van der Waals surface area contributed by atoms with E-state index in [9.17, 15) is 9.59 Å². The fourth-order valence-electron chi connectivity index (χ4n) is 1.96. The van der Waals surface area contributed by atoms with Gasteiger partial charge >= 0.3 is 0 Å². The van der Waals surface area contributed by atoms with E-state index in [0.717, 1.165) is 10.9 Å². The Morgan fingerprint density at radius 2 is 1.87 bits per heavy atom. The van der Waals surface area contributed by atoms with Crippen LogP contribution in [-0.2, 0) is 6.54 Å². The first-order chi connectivity index (χ1) is 11.0. The number of aryl methyl sites for hydroxylation is 1. The molecule has 6 nitrogen and oxygen atoms in total. The van der Waals surface area contributed by atoms with Gasteiger partial charge in [0.1, 0.15) is 0 Å². The molecule has 0 aliphatic carbocycles. The van der Waals surface area contributed by atoms with Crippen molar-refractivity contribution < 1.29 is 9.59 Å². The summed E-state index contributed by atoms with van der Waals surface area (Å²) in [6.07, 6.45) is 2.50. The lowest BCUT2D eigenvalue weighted by Gasteiger charge is -2.06. The van der Waals surface area contributed by atoms with E-state index >= 15 is 0 Å². The van der Waals surface area contributed by atoms with E-state index < -0.39 is 0 Å². The highest BCUT2D eigenvalue weighted by Crippen LogP contribution is 2.17. The van der Waals surface area contributed by atoms with Crippen molar-refractivity contribution in [2.75, 3.05) is 11.9 Å². The van der Waals surface area contributed by atoms with Gasteiger partial charge in [-0.3, -0.25) is 14.3 Å². The Morgan fingerprint density at radius 1 is 1.17 bits per heavy atom. The maximum Gasteiger partial charge on any atom is 0.273 e. The number of hydrogen-bond acceptors (Lipinski definition) is 3. The molecule has 1 aromatic heterocycles. The fraction of sp³-hybridized carbons (Fsp3) is 0.312. The van der Waals surface area contributed by atoms with Gasteiger partial charge in [-0.05, 0) is 37.6 Å². The van der Waals surface area contributed by atoms with Crippen molar-refractivity contribution >= 4 is 33.4 Å². The van der Waals surface area contributed by atoms with E-state index in [4.69, 9.17) is 0 Å². The quantitative estimate of drug-likeness (QED) is 0.810. The van der Waals surface area contributed by atoms with Gasteiger partial charge in [0.2, 0.25) is 0 Å². The molecule has 0 aliphatic heterocycles. The van der Waals surface area contributed by atoms with Crippen LogP contribution >= 0.6 is 15.9 Å². The monoisotopic (exact) mass is 378 g/mol. The van der Waals surface area contributed by atoms with Crippen LogP contribution in [0.25, 0.3) is 0 Å². The normalized spacial score (nSPS) is 10.4. The third-order valence-electron chi connectivity index (χ3n) is 3.19. The van der Waals surface area contributed by atoms with Gasteiger partial charge in [-0.15, -0.1) is 0 Å². The van der Waals surface area contributed by atoms with Crippen molar-refractivity contribution in [3.05, 3.63) is 46.2 Å². The van der Waals surface area contributed by atoms with Crippen molar-refractivity contribution in [2.24, 2.45) is 0 Å².